The molecule has 3 aromatic rings. The summed E-state index contributed by atoms with van der Waals surface area (Å²) in [5.41, 5.74) is 2.61. The van der Waals surface area contributed by atoms with Crippen LogP contribution in [0.25, 0.3) is 0 Å². The van der Waals surface area contributed by atoms with E-state index in [4.69, 9.17) is 14.2 Å². The van der Waals surface area contributed by atoms with E-state index >= 15 is 0 Å². The number of benzene rings is 3. The molecule has 0 heterocycles. The van der Waals surface area contributed by atoms with E-state index in [-0.39, 0.29) is 30.2 Å². The Morgan fingerprint density at radius 2 is 1.57 bits per heavy atom. The molecule has 1 aliphatic carbocycles. The van der Waals surface area contributed by atoms with E-state index in [0.29, 0.717) is 34.7 Å². The fourth-order valence-corrected chi connectivity index (χ4v) is 4.70. The van der Waals surface area contributed by atoms with Crippen molar-refractivity contribution in [3.05, 3.63) is 82.9 Å². The Balaban J connectivity index is 1.45. The number of anilines is 1. The Morgan fingerprint density at radius 1 is 0.900 bits per heavy atom. The van der Waals surface area contributed by atoms with Crippen LogP contribution < -0.4 is 14.8 Å². The average molecular weight is 552 g/mol. The van der Waals surface area contributed by atoms with Gasteiger partial charge in [0, 0.05) is 23.2 Å². The molecule has 0 aromatic heterocycles. The Morgan fingerprint density at radius 3 is 2.23 bits per heavy atom. The smallest absolute Gasteiger partial charge is 0.411 e. The molecule has 1 amide bonds. The normalized spacial score (nSPS) is 13.7. The molecule has 212 valence electrons. The molecule has 0 spiro atoms. The lowest BCUT2D eigenvalue weighted by Crippen LogP contribution is -2.23. The minimum atomic E-state index is -1.00. The van der Waals surface area contributed by atoms with Gasteiger partial charge in [-0.2, -0.15) is 0 Å². The van der Waals surface area contributed by atoms with E-state index in [1.807, 2.05) is 32.9 Å². The van der Waals surface area contributed by atoms with E-state index in [1.54, 1.807) is 24.3 Å². The van der Waals surface area contributed by atoms with Crippen molar-refractivity contribution < 1.29 is 32.6 Å². The highest BCUT2D eigenvalue weighted by Crippen LogP contribution is 2.34. The molecule has 1 N–H and O–H groups in total. The van der Waals surface area contributed by atoms with Gasteiger partial charge in [0.15, 0.2) is 17.4 Å². The first-order valence-corrected chi connectivity index (χ1v) is 13.8. The summed E-state index contributed by atoms with van der Waals surface area (Å²) >= 11 is 0. The van der Waals surface area contributed by atoms with Crippen molar-refractivity contribution in [1.82, 2.24) is 0 Å². The topological polar surface area (TPSA) is 73.9 Å². The zero-order chi connectivity index (χ0) is 28.6. The second kappa shape index (κ2) is 13.4. The summed E-state index contributed by atoms with van der Waals surface area (Å²) in [6, 6.07) is 13.4. The van der Waals surface area contributed by atoms with E-state index in [9.17, 15) is 18.4 Å². The van der Waals surface area contributed by atoms with Crippen LogP contribution in [0.2, 0.25) is 0 Å². The van der Waals surface area contributed by atoms with Gasteiger partial charge in [-0.25, -0.2) is 13.6 Å². The van der Waals surface area contributed by atoms with Crippen LogP contribution in [-0.2, 0) is 17.8 Å². The number of aryl methyl sites for hydroxylation is 1. The lowest BCUT2D eigenvalue weighted by atomic mass is 9.91. The molecule has 1 fully saturated rings. The largest absolute Gasteiger partial charge is 0.489 e. The third-order valence-corrected chi connectivity index (χ3v) is 6.90. The average Bonchev–Trinajstić information content (AvgIpc) is 2.95. The van der Waals surface area contributed by atoms with Crippen molar-refractivity contribution in [2.24, 2.45) is 5.92 Å². The van der Waals surface area contributed by atoms with Gasteiger partial charge in [-0.15, -0.1) is 0 Å². The number of hydrogen-bond donors (Lipinski definition) is 1. The number of carbonyl (C=O) groups excluding carboxylic acids is 2. The van der Waals surface area contributed by atoms with Crippen LogP contribution in [0.3, 0.4) is 0 Å². The van der Waals surface area contributed by atoms with Gasteiger partial charge < -0.3 is 14.2 Å². The summed E-state index contributed by atoms with van der Waals surface area (Å²) in [7, 11) is 0. The SMILES string of the molecule is CCc1ccc(COC(=O)Nc2ccc(Oc3ccc(F)c(F)c3)cc2)c(OC2CCCCC2)c1C(=O)C(C)C. The Labute approximate surface area is 233 Å². The number of nitrogens with one attached hydrogen (secondary N) is 1. The van der Waals surface area contributed by atoms with Crippen molar-refractivity contribution in [3.8, 4) is 17.2 Å². The Hall–Kier alpha value is -3.94. The van der Waals surface area contributed by atoms with Gasteiger partial charge in [-0.1, -0.05) is 39.3 Å². The molecule has 0 radical (unpaired) electrons. The van der Waals surface area contributed by atoms with Gasteiger partial charge in [-0.3, -0.25) is 10.1 Å². The summed E-state index contributed by atoms with van der Waals surface area (Å²) in [5, 5.41) is 2.66. The zero-order valence-electron chi connectivity index (χ0n) is 23.1. The van der Waals surface area contributed by atoms with Gasteiger partial charge in [0.05, 0.1) is 11.7 Å². The molecule has 0 atom stereocenters. The summed E-state index contributed by atoms with van der Waals surface area (Å²) < 4.78 is 44.1. The van der Waals surface area contributed by atoms with Crippen LogP contribution >= 0.6 is 0 Å². The lowest BCUT2D eigenvalue weighted by Gasteiger charge is -2.27. The predicted molar refractivity (Wildman–Crippen MR) is 149 cm³/mol. The van der Waals surface area contributed by atoms with E-state index in [2.05, 4.69) is 5.32 Å². The highest BCUT2D eigenvalue weighted by atomic mass is 19.2. The summed E-state index contributed by atoms with van der Waals surface area (Å²) in [6.07, 6.45) is 5.26. The lowest BCUT2D eigenvalue weighted by molar-refractivity contribution is 0.0924. The minimum Gasteiger partial charge on any atom is -0.489 e. The zero-order valence-corrected chi connectivity index (χ0v) is 23.1. The second-order valence-electron chi connectivity index (χ2n) is 10.2. The number of amides is 1. The van der Waals surface area contributed by atoms with Crippen LogP contribution in [0, 0.1) is 17.6 Å². The number of carbonyl (C=O) groups is 2. The fourth-order valence-electron chi connectivity index (χ4n) is 4.70. The number of Topliss-reactive ketones (excluding diaryl/α,β-unsaturated/α-hetero) is 1. The molecule has 0 unspecified atom stereocenters. The molecular formula is C32H35F2NO5. The number of ether oxygens (including phenoxy) is 3. The fraction of sp³-hybridized carbons (Fsp3) is 0.375. The Bertz CT molecular complexity index is 1330. The second-order valence-corrected chi connectivity index (χ2v) is 10.2. The maximum absolute atomic E-state index is 13.4. The van der Waals surface area contributed by atoms with Crippen molar-refractivity contribution in [2.75, 3.05) is 5.32 Å². The van der Waals surface area contributed by atoms with Crippen LogP contribution in [0.15, 0.2) is 54.6 Å². The quantitative estimate of drug-likeness (QED) is 0.255. The van der Waals surface area contributed by atoms with Gasteiger partial charge in [0.2, 0.25) is 0 Å². The van der Waals surface area contributed by atoms with Gasteiger partial charge in [-0.05, 0) is 74.1 Å². The first-order chi connectivity index (χ1) is 19.2. The third-order valence-electron chi connectivity index (χ3n) is 6.90. The molecule has 0 bridgehead atoms. The molecule has 1 aliphatic rings. The van der Waals surface area contributed by atoms with Crippen LogP contribution in [-0.4, -0.2) is 18.0 Å². The first-order valence-electron chi connectivity index (χ1n) is 13.8. The summed E-state index contributed by atoms with van der Waals surface area (Å²) in [4.78, 5) is 25.9. The molecule has 0 aliphatic heterocycles. The number of rotatable bonds is 10. The number of halogens is 2. The number of hydrogen-bond acceptors (Lipinski definition) is 5. The van der Waals surface area contributed by atoms with Crippen molar-refractivity contribution in [2.45, 2.75) is 72.0 Å². The first kappa shape index (κ1) is 29.1. The molecule has 4 rings (SSSR count). The van der Waals surface area contributed by atoms with E-state index < -0.39 is 17.7 Å². The number of ketones is 1. The van der Waals surface area contributed by atoms with E-state index in [0.717, 1.165) is 43.4 Å². The molecule has 0 saturated heterocycles. The van der Waals surface area contributed by atoms with Gasteiger partial charge >= 0.3 is 6.09 Å². The molecule has 1 saturated carbocycles. The monoisotopic (exact) mass is 551 g/mol. The van der Waals surface area contributed by atoms with Gasteiger partial charge in [0.1, 0.15) is 23.9 Å². The molecular weight excluding hydrogens is 516 g/mol. The summed E-state index contributed by atoms with van der Waals surface area (Å²) in [6.45, 7) is 5.69. The molecule has 3 aromatic carbocycles. The van der Waals surface area contributed by atoms with Crippen LogP contribution in [0.4, 0.5) is 19.3 Å². The summed E-state index contributed by atoms with van der Waals surface area (Å²) in [5.74, 6) is -1.09. The highest BCUT2D eigenvalue weighted by Gasteiger charge is 2.26. The van der Waals surface area contributed by atoms with Crippen LogP contribution in [0.5, 0.6) is 17.2 Å². The maximum atomic E-state index is 13.4. The molecule has 40 heavy (non-hydrogen) atoms. The third kappa shape index (κ3) is 7.37. The van der Waals surface area contributed by atoms with Crippen molar-refractivity contribution in [3.63, 3.8) is 0 Å². The molecule has 6 nitrogen and oxygen atoms in total. The maximum Gasteiger partial charge on any atom is 0.411 e. The minimum absolute atomic E-state index is 0.0136. The predicted octanol–water partition coefficient (Wildman–Crippen LogP) is 8.62. The Kier molecular flexibility index (Phi) is 9.74. The van der Waals surface area contributed by atoms with Crippen molar-refractivity contribution >= 4 is 17.6 Å². The van der Waals surface area contributed by atoms with Crippen molar-refractivity contribution in [1.29, 1.82) is 0 Å². The highest BCUT2D eigenvalue weighted by molar-refractivity contribution is 6.01. The van der Waals surface area contributed by atoms with Crippen LogP contribution in [0.1, 0.15) is 74.4 Å². The molecule has 8 heteroatoms. The standard InChI is InChI=1S/C32H35F2NO5/c1-4-21-10-11-22(31(29(21)30(36)20(2)3)40-24-8-6-5-7-9-24)19-38-32(37)35-23-12-14-25(15-13-23)39-26-16-17-27(33)28(34)18-26/h10-18,20,24H,4-9,19H2,1-3H3,(H,35,37). The van der Waals surface area contributed by atoms with Gasteiger partial charge in [0.25, 0.3) is 0 Å². The van der Waals surface area contributed by atoms with E-state index in [1.165, 1.54) is 12.5 Å².